The number of non-ortho nitro benzene ring substituents is 1. The Balaban J connectivity index is 1.83. The SMILES string of the molecule is N#Cc1c(NC(=O)c2cc([N+](=O)[O-])ccc2Cl)oc(-c2ccccc2)c1-c1ccccc1. The molecule has 1 aromatic heterocycles. The minimum Gasteiger partial charge on any atom is -0.438 e. The van der Waals surface area contributed by atoms with Gasteiger partial charge >= 0.3 is 0 Å². The van der Waals surface area contributed by atoms with Crippen LogP contribution in [-0.4, -0.2) is 10.8 Å². The van der Waals surface area contributed by atoms with Gasteiger partial charge in [0.15, 0.2) is 0 Å². The highest BCUT2D eigenvalue weighted by atomic mass is 35.5. The van der Waals surface area contributed by atoms with E-state index in [2.05, 4.69) is 11.4 Å². The molecule has 0 aliphatic carbocycles. The van der Waals surface area contributed by atoms with Crippen LogP contribution < -0.4 is 5.32 Å². The van der Waals surface area contributed by atoms with E-state index in [0.29, 0.717) is 11.3 Å². The van der Waals surface area contributed by atoms with Gasteiger partial charge in [0.1, 0.15) is 17.4 Å². The molecule has 156 valence electrons. The number of rotatable bonds is 5. The van der Waals surface area contributed by atoms with Gasteiger partial charge in [-0.25, -0.2) is 0 Å². The number of nitriles is 1. The molecule has 1 heterocycles. The van der Waals surface area contributed by atoms with E-state index in [9.17, 15) is 20.2 Å². The van der Waals surface area contributed by atoms with E-state index >= 15 is 0 Å². The van der Waals surface area contributed by atoms with Gasteiger partial charge in [0.2, 0.25) is 5.88 Å². The Morgan fingerprint density at radius 1 is 1.00 bits per heavy atom. The fraction of sp³-hybridized carbons (Fsp3) is 0. The molecule has 4 rings (SSSR count). The summed E-state index contributed by atoms with van der Waals surface area (Å²) in [6, 6.07) is 24.0. The summed E-state index contributed by atoms with van der Waals surface area (Å²) in [5.41, 5.74) is 1.72. The molecule has 0 bridgehead atoms. The van der Waals surface area contributed by atoms with Crippen molar-refractivity contribution in [1.82, 2.24) is 0 Å². The van der Waals surface area contributed by atoms with Crippen LogP contribution in [0.4, 0.5) is 11.6 Å². The third-order valence-electron chi connectivity index (χ3n) is 4.75. The molecule has 3 aromatic carbocycles. The van der Waals surface area contributed by atoms with Gasteiger partial charge in [-0.05, 0) is 11.6 Å². The molecular weight excluding hydrogens is 430 g/mol. The van der Waals surface area contributed by atoms with Crippen molar-refractivity contribution in [3.8, 4) is 28.5 Å². The fourth-order valence-corrected chi connectivity index (χ4v) is 3.47. The van der Waals surface area contributed by atoms with Crippen molar-refractivity contribution in [3.05, 3.63) is 105 Å². The van der Waals surface area contributed by atoms with Gasteiger partial charge in [-0.15, -0.1) is 0 Å². The average molecular weight is 444 g/mol. The minimum atomic E-state index is -0.733. The number of benzene rings is 3. The molecule has 0 fully saturated rings. The van der Waals surface area contributed by atoms with Crippen LogP contribution >= 0.6 is 11.6 Å². The molecule has 4 aromatic rings. The van der Waals surface area contributed by atoms with Gasteiger partial charge in [-0.1, -0.05) is 72.3 Å². The van der Waals surface area contributed by atoms with E-state index in [1.807, 2.05) is 60.7 Å². The summed E-state index contributed by atoms with van der Waals surface area (Å²) in [7, 11) is 0. The Labute approximate surface area is 187 Å². The molecule has 1 N–H and O–H groups in total. The van der Waals surface area contributed by atoms with Crippen LogP contribution in [0.15, 0.2) is 83.3 Å². The van der Waals surface area contributed by atoms with E-state index in [-0.39, 0.29) is 27.7 Å². The molecule has 0 atom stereocenters. The van der Waals surface area contributed by atoms with E-state index in [4.69, 9.17) is 16.0 Å². The lowest BCUT2D eigenvalue weighted by atomic mass is 9.98. The van der Waals surface area contributed by atoms with Gasteiger partial charge in [0.25, 0.3) is 11.6 Å². The molecule has 0 radical (unpaired) electrons. The van der Waals surface area contributed by atoms with E-state index in [0.717, 1.165) is 17.2 Å². The number of amides is 1. The monoisotopic (exact) mass is 443 g/mol. The average Bonchev–Trinajstić information content (AvgIpc) is 3.18. The quantitative estimate of drug-likeness (QED) is 0.287. The first-order chi connectivity index (χ1) is 15.5. The Morgan fingerprint density at radius 2 is 1.62 bits per heavy atom. The minimum absolute atomic E-state index is 0.0322. The first-order valence-corrected chi connectivity index (χ1v) is 9.80. The summed E-state index contributed by atoms with van der Waals surface area (Å²) < 4.78 is 5.96. The van der Waals surface area contributed by atoms with E-state index in [1.165, 1.54) is 12.1 Å². The van der Waals surface area contributed by atoms with Crippen molar-refractivity contribution in [1.29, 1.82) is 5.26 Å². The number of nitrogens with one attached hydrogen (secondary N) is 1. The summed E-state index contributed by atoms with van der Waals surface area (Å²) in [4.78, 5) is 23.3. The molecule has 7 nitrogen and oxygen atoms in total. The van der Waals surface area contributed by atoms with E-state index in [1.54, 1.807) is 0 Å². The highest BCUT2D eigenvalue weighted by Gasteiger charge is 2.25. The van der Waals surface area contributed by atoms with Crippen molar-refractivity contribution in [3.63, 3.8) is 0 Å². The summed E-state index contributed by atoms with van der Waals surface area (Å²) in [6.45, 7) is 0. The van der Waals surface area contributed by atoms with Gasteiger partial charge in [-0.3, -0.25) is 20.2 Å². The van der Waals surface area contributed by atoms with Crippen molar-refractivity contribution in [2.75, 3.05) is 5.32 Å². The molecule has 0 saturated heterocycles. The molecule has 32 heavy (non-hydrogen) atoms. The van der Waals surface area contributed by atoms with Crippen LogP contribution in [0.25, 0.3) is 22.5 Å². The van der Waals surface area contributed by atoms with Gasteiger partial charge < -0.3 is 4.42 Å². The molecule has 0 aliphatic heterocycles. The second kappa shape index (κ2) is 8.76. The number of hydrogen-bond acceptors (Lipinski definition) is 5. The first kappa shape index (κ1) is 20.8. The zero-order chi connectivity index (χ0) is 22.7. The third-order valence-corrected chi connectivity index (χ3v) is 5.08. The number of carbonyl (C=O) groups excluding carboxylic acids is 1. The summed E-state index contributed by atoms with van der Waals surface area (Å²) in [5.74, 6) is -0.394. The molecular formula is C24H14ClN3O4. The topological polar surface area (TPSA) is 109 Å². The summed E-state index contributed by atoms with van der Waals surface area (Å²) >= 11 is 6.08. The third kappa shape index (κ3) is 3.95. The van der Waals surface area contributed by atoms with Crippen LogP contribution in [0, 0.1) is 21.4 Å². The lowest BCUT2D eigenvalue weighted by Gasteiger charge is -2.05. The molecule has 1 amide bonds. The van der Waals surface area contributed by atoms with Crippen LogP contribution in [0.2, 0.25) is 5.02 Å². The molecule has 0 spiro atoms. The molecule has 8 heteroatoms. The highest BCUT2D eigenvalue weighted by Crippen LogP contribution is 2.41. The number of hydrogen-bond donors (Lipinski definition) is 1. The van der Waals surface area contributed by atoms with Crippen LogP contribution in [-0.2, 0) is 0 Å². The number of halogens is 1. The Kier molecular flexibility index (Phi) is 5.71. The largest absolute Gasteiger partial charge is 0.438 e. The van der Waals surface area contributed by atoms with Crippen LogP contribution in [0.5, 0.6) is 0 Å². The molecule has 0 saturated carbocycles. The Hall–Kier alpha value is -4.41. The highest BCUT2D eigenvalue weighted by molar-refractivity contribution is 6.34. The van der Waals surface area contributed by atoms with Gasteiger partial charge in [0, 0.05) is 23.3 Å². The summed E-state index contributed by atoms with van der Waals surface area (Å²) in [5, 5.41) is 23.6. The maximum Gasteiger partial charge on any atom is 0.270 e. The predicted octanol–water partition coefficient (Wildman–Crippen LogP) is 6.30. The number of anilines is 1. The second-order valence-electron chi connectivity index (χ2n) is 6.73. The Bertz CT molecular complexity index is 1360. The molecule has 0 aliphatic rings. The van der Waals surface area contributed by atoms with Gasteiger partial charge in [-0.2, -0.15) is 5.26 Å². The van der Waals surface area contributed by atoms with Gasteiger partial charge in [0.05, 0.1) is 15.5 Å². The molecule has 0 unspecified atom stereocenters. The van der Waals surface area contributed by atoms with Crippen LogP contribution in [0.3, 0.4) is 0 Å². The maximum atomic E-state index is 12.9. The number of nitrogens with zero attached hydrogens (tertiary/aromatic N) is 2. The standard InChI is InChI=1S/C24H14ClN3O4/c25-20-12-11-17(28(30)31)13-18(20)23(29)27-24-19(14-26)21(15-7-3-1-4-8-15)22(32-24)16-9-5-2-6-10-16/h1-13H,(H,27,29). The number of carbonyl (C=O) groups is 1. The smallest absolute Gasteiger partial charge is 0.270 e. The fourth-order valence-electron chi connectivity index (χ4n) is 3.27. The van der Waals surface area contributed by atoms with Crippen molar-refractivity contribution in [2.45, 2.75) is 0 Å². The van der Waals surface area contributed by atoms with Crippen molar-refractivity contribution >= 4 is 29.1 Å². The Morgan fingerprint density at radius 3 is 2.22 bits per heavy atom. The second-order valence-corrected chi connectivity index (χ2v) is 7.14. The lowest BCUT2D eigenvalue weighted by molar-refractivity contribution is -0.384. The zero-order valence-corrected chi connectivity index (χ0v) is 17.2. The number of furan rings is 1. The number of nitro groups is 1. The first-order valence-electron chi connectivity index (χ1n) is 9.42. The lowest BCUT2D eigenvalue weighted by Crippen LogP contribution is -2.13. The number of nitro benzene ring substituents is 1. The van der Waals surface area contributed by atoms with E-state index < -0.39 is 10.8 Å². The zero-order valence-electron chi connectivity index (χ0n) is 16.4. The van der Waals surface area contributed by atoms with Crippen LogP contribution in [0.1, 0.15) is 15.9 Å². The predicted molar refractivity (Wildman–Crippen MR) is 120 cm³/mol. The maximum absolute atomic E-state index is 12.9. The van der Waals surface area contributed by atoms with Crippen molar-refractivity contribution < 1.29 is 14.1 Å². The normalized spacial score (nSPS) is 10.4. The summed E-state index contributed by atoms with van der Waals surface area (Å²) in [6.07, 6.45) is 0. The van der Waals surface area contributed by atoms with Crippen molar-refractivity contribution in [2.24, 2.45) is 0 Å².